The number of methoxy groups -OCH3 is 1. The molecule has 0 bridgehead atoms. The van der Waals surface area contributed by atoms with Crippen molar-refractivity contribution < 1.29 is 19.4 Å². The van der Waals surface area contributed by atoms with Crippen molar-refractivity contribution in [2.45, 2.75) is 39.3 Å². The molecule has 1 aliphatic rings. The standard InChI is InChI=1S/C11H19NO4/c1-11(2,3)8(10(15)16-4)6-5-7(12-6)9(13)14/h6-8,12H,5H2,1-4H3,(H,13,14)/t6?,7?,8-/m0/s1. The summed E-state index contributed by atoms with van der Waals surface area (Å²) in [7, 11) is 1.36. The number of carbonyl (C=O) groups is 2. The summed E-state index contributed by atoms with van der Waals surface area (Å²) in [5.41, 5.74) is -0.242. The van der Waals surface area contributed by atoms with Crippen LogP contribution in [0.1, 0.15) is 27.2 Å². The van der Waals surface area contributed by atoms with Crippen LogP contribution in [0, 0.1) is 11.3 Å². The van der Waals surface area contributed by atoms with Crippen LogP contribution in [-0.2, 0) is 14.3 Å². The van der Waals surface area contributed by atoms with Crippen molar-refractivity contribution in [1.82, 2.24) is 5.32 Å². The summed E-state index contributed by atoms with van der Waals surface area (Å²) in [6.07, 6.45) is 0.479. The Balaban J connectivity index is 2.68. The van der Waals surface area contributed by atoms with Crippen LogP contribution < -0.4 is 5.32 Å². The third-order valence-electron chi connectivity index (χ3n) is 2.99. The van der Waals surface area contributed by atoms with E-state index in [9.17, 15) is 9.59 Å². The zero-order valence-corrected chi connectivity index (χ0v) is 10.1. The molecule has 2 unspecified atom stereocenters. The first-order chi connectivity index (χ1) is 7.27. The summed E-state index contributed by atoms with van der Waals surface area (Å²) in [5.74, 6) is -1.46. The van der Waals surface area contributed by atoms with Crippen molar-refractivity contribution in [3.05, 3.63) is 0 Å². The van der Waals surface area contributed by atoms with Gasteiger partial charge in [-0.15, -0.1) is 0 Å². The Bertz CT molecular complexity index is 289. The summed E-state index contributed by atoms with van der Waals surface area (Å²) in [6.45, 7) is 5.85. The zero-order valence-electron chi connectivity index (χ0n) is 10.1. The van der Waals surface area contributed by atoms with Crippen LogP contribution in [0.2, 0.25) is 0 Å². The van der Waals surface area contributed by atoms with Crippen molar-refractivity contribution in [3.63, 3.8) is 0 Å². The van der Waals surface area contributed by atoms with Gasteiger partial charge in [0.1, 0.15) is 6.04 Å². The minimum atomic E-state index is -0.867. The number of rotatable bonds is 3. The van der Waals surface area contributed by atoms with Gasteiger partial charge in [0.25, 0.3) is 0 Å². The molecule has 92 valence electrons. The number of hydrogen-bond donors (Lipinski definition) is 2. The summed E-state index contributed by atoms with van der Waals surface area (Å²) < 4.78 is 4.77. The van der Waals surface area contributed by atoms with E-state index in [0.29, 0.717) is 6.42 Å². The van der Waals surface area contributed by atoms with Gasteiger partial charge in [-0.05, 0) is 11.8 Å². The van der Waals surface area contributed by atoms with E-state index < -0.39 is 12.0 Å². The fourth-order valence-electron chi connectivity index (χ4n) is 2.14. The molecule has 5 heteroatoms. The molecule has 1 saturated heterocycles. The average molecular weight is 229 g/mol. The van der Waals surface area contributed by atoms with Crippen LogP contribution in [0.15, 0.2) is 0 Å². The van der Waals surface area contributed by atoms with Crippen molar-refractivity contribution in [1.29, 1.82) is 0 Å². The van der Waals surface area contributed by atoms with Crippen molar-refractivity contribution >= 4 is 11.9 Å². The van der Waals surface area contributed by atoms with Gasteiger partial charge >= 0.3 is 11.9 Å². The highest BCUT2D eigenvalue weighted by Gasteiger charge is 2.46. The number of aliphatic carboxylic acids is 1. The normalized spacial score (nSPS) is 26.8. The fourth-order valence-corrected chi connectivity index (χ4v) is 2.14. The zero-order chi connectivity index (χ0) is 12.5. The fraction of sp³-hybridized carbons (Fsp3) is 0.818. The lowest BCUT2D eigenvalue weighted by Crippen LogP contribution is -2.62. The lowest BCUT2D eigenvalue weighted by Gasteiger charge is -2.43. The molecular weight excluding hydrogens is 210 g/mol. The molecule has 0 amide bonds. The number of carbonyl (C=O) groups excluding carboxylic acids is 1. The van der Waals surface area contributed by atoms with Gasteiger partial charge in [0.15, 0.2) is 0 Å². The molecule has 1 aliphatic heterocycles. The minimum Gasteiger partial charge on any atom is -0.480 e. The summed E-state index contributed by atoms with van der Waals surface area (Å²) in [5, 5.41) is 11.7. The Morgan fingerprint density at radius 3 is 2.25 bits per heavy atom. The van der Waals surface area contributed by atoms with Gasteiger partial charge in [-0.1, -0.05) is 20.8 Å². The number of nitrogens with one attached hydrogen (secondary N) is 1. The Morgan fingerprint density at radius 1 is 1.44 bits per heavy atom. The second-order valence-electron chi connectivity index (χ2n) is 5.27. The molecule has 1 rings (SSSR count). The molecule has 0 saturated carbocycles. The van der Waals surface area contributed by atoms with E-state index in [0.717, 1.165) is 0 Å². The van der Waals surface area contributed by atoms with Gasteiger partial charge in [-0.2, -0.15) is 0 Å². The predicted octanol–water partition coefficient (Wildman–Crippen LogP) is 0.637. The Labute approximate surface area is 95.2 Å². The Kier molecular flexibility index (Phi) is 3.57. The van der Waals surface area contributed by atoms with Crippen LogP contribution in [0.4, 0.5) is 0 Å². The Morgan fingerprint density at radius 2 is 1.94 bits per heavy atom. The first kappa shape index (κ1) is 13.0. The number of hydrogen-bond acceptors (Lipinski definition) is 4. The summed E-state index contributed by atoms with van der Waals surface area (Å²) >= 11 is 0. The minimum absolute atomic E-state index is 0.103. The van der Waals surface area contributed by atoms with Crippen LogP contribution in [-0.4, -0.2) is 36.2 Å². The third kappa shape index (κ3) is 2.52. The van der Waals surface area contributed by atoms with Crippen LogP contribution in [0.3, 0.4) is 0 Å². The van der Waals surface area contributed by atoms with E-state index in [1.165, 1.54) is 7.11 Å². The maximum atomic E-state index is 11.7. The van der Waals surface area contributed by atoms with Gasteiger partial charge in [-0.3, -0.25) is 9.59 Å². The molecular formula is C11H19NO4. The van der Waals surface area contributed by atoms with Crippen molar-refractivity contribution in [2.24, 2.45) is 11.3 Å². The van der Waals surface area contributed by atoms with E-state index in [-0.39, 0.29) is 23.3 Å². The number of ether oxygens (including phenoxy) is 1. The highest BCUT2D eigenvalue weighted by atomic mass is 16.5. The lowest BCUT2D eigenvalue weighted by atomic mass is 9.71. The van der Waals surface area contributed by atoms with E-state index in [2.05, 4.69) is 5.32 Å². The maximum absolute atomic E-state index is 11.7. The van der Waals surface area contributed by atoms with Crippen LogP contribution in [0.25, 0.3) is 0 Å². The largest absolute Gasteiger partial charge is 0.480 e. The lowest BCUT2D eigenvalue weighted by molar-refractivity contribution is -0.156. The van der Waals surface area contributed by atoms with Crippen molar-refractivity contribution in [3.8, 4) is 0 Å². The molecule has 5 nitrogen and oxygen atoms in total. The van der Waals surface area contributed by atoms with Gasteiger partial charge in [-0.25, -0.2) is 0 Å². The summed E-state index contributed by atoms with van der Waals surface area (Å²) in [6, 6.07) is -0.631. The molecule has 1 heterocycles. The van der Waals surface area contributed by atoms with E-state index in [1.54, 1.807) is 0 Å². The topological polar surface area (TPSA) is 75.6 Å². The van der Waals surface area contributed by atoms with Gasteiger partial charge in [0.2, 0.25) is 0 Å². The van der Waals surface area contributed by atoms with E-state index in [1.807, 2.05) is 20.8 Å². The monoisotopic (exact) mass is 229 g/mol. The van der Waals surface area contributed by atoms with Gasteiger partial charge in [0.05, 0.1) is 13.0 Å². The highest BCUT2D eigenvalue weighted by Crippen LogP contribution is 2.35. The molecule has 0 aromatic rings. The maximum Gasteiger partial charge on any atom is 0.320 e. The third-order valence-corrected chi connectivity index (χ3v) is 2.99. The van der Waals surface area contributed by atoms with Crippen LogP contribution in [0.5, 0.6) is 0 Å². The molecule has 0 aliphatic carbocycles. The molecule has 0 spiro atoms. The molecule has 0 aromatic carbocycles. The average Bonchev–Trinajstić information content (AvgIpc) is 2.06. The molecule has 2 N–H and O–H groups in total. The van der Waals surface area contributed by atoms with E-state index in [4.69, 9.17) is 9.84 Å². The number of carboxylic acids is 1. The molecule has 0 aromatic heterocycles. The second kappa shape index (κ2) is 4.41. The first-order valence-electron chi connectivity index (χ1n) is 5.34. The number of esters is 1. The van der Waals surface area contributed by atoms with Crippen molar-refractivity contribution in [2.75, 3.05) is 7.11 Å². The highest BCUT2D eigenvalue weighted by molar-refractivity contribution is 5.78. The SMILES string of the molecule is COC(=O)[C@H](C1CC(C(=O)O)N1)C(C)(C)C. The van der Waals surface area contributed by atoms with E-state index >= 15 is 0 Å². The Hall–Kier alpha value is -1.10. The van der Waals surface area contributed by atoms with Crippen LogP contribution >= 0.6 is 0 Å². The molecule has 16 heavy (non-hydrogen) atoms. The second-order valence-corrected chi connectivity index (χ2v) is 5.27. The quantitative estimate of drug-likeness (QED) is 0.694. The molecule has 1 fully saturated rings. The predicted molar refractivity (Wildman–Crippen MR) is 57.9 cm³/mol. The molecule has 3 atom stereocenters. The first-order valence-corrected chi connectivity index (χ1v) is 5.34. The van der Waals surface area contributed by atoms with Gasteiger partial charge in [0, 0.05) is 6.04 Å². The smallest absolute Gasteiger partial charge is 0.320 e. The number of carboxylic acid groups (broad SMARTS) is 1. The molecule has 0 radical (unpaired) electrons. The van der Waals surface area contributed by atoms with Gasteiger partial charge < -0.3 is 15.2 Å². The summed E-state index contributed by atoms with van der Waals surface area (Å²) in [4.78, 5) is 22.3.